The SMILES string of the molecule is CNCC(=O)N1CCCC(c2nnc(Cn3ccnc3)n2C)C1. The fourth-order valence-corrected chi connectivity index (χ4v) is 3.09. The first-order valence-electron chi connectivity index (χ1n) is 7.95. The molecule has 0 spiro atoms. The molecule has 3 rings (SSSR count). The molecule has 1 N–H and O–H groups in total. The number of likely N-dealkylation sites (N-methyl/N-ethyl adjacent to an activating group) is 1. The molecule has 0 radical (unpaired) electrons. The summed E-state index contributed by atoms with van der Waals surface area (Å²) in [5, 5.41) is 11.6. The Morgan fingerprint density at radius 2 is 2.30 bits per heavy atom. The van der Waals surface area contributed by atoms with Gasteiger partial charge in [0.25, 0.3) is 0 Å². The molecule has 1 aliphatic rings. The topological polar surface area (TPSA) is 80.9 Å². The number of nitrogens with one attached hydrogen (secondary N) is 1. The molecule has 3 heterocycles. The minimum Gasteiger partial charge on any atom is -0.341 e. The molecule has 1 aliphatic heterocycles. The Balaban J connectivity index is 1.71. The van der Waals surface area contributed by atoms with E-state index >= 15 is 0 Å². The van der Waals surface area contributed by atoms with E-state index in [1.165, 1.54) is 0 Å². The Hall–Kier alpha value is -2.22. The van der Waals surface area contributed by atoms with Crippen LogP contribution in [0.15, 0.2) is 18.7 Å². The van der Waals surface area contributed by atoms with Crippen LogP contribution in [0.3, 0.4) is 0 Å². The van der Waals surface area contributed by atoms with Crippen LogP contribution in [-0.2, 0) is 18.4 Å². The summed E-state index contributed by atoms with van der Waals surface area (Å²) in [4.78, 5) is 18.1. The van der Waals surface area contributed by atoms with Gasteiger partial charge >= 0.3 is 0 Å². The number of likely N-dealkylation sites (tertiary alicyclic amines) is 1. The quantitative estimate of drug-likeness (QED) is 0.838. The van der Waals surface area contributed by atoms with E-state index in [2.05, 4.69) is 25.1 Å². The average Bonchev–Trinajstić information content (AvgIpc) is 3.19. The van der Waals surface area contributed by atoms with Crippen molar-refractivity contribution in [3.63, 3.8) is 0 Å². The van der Waals surface area contributed by atoms with Crippen molar-refractivity contribution >= 4 is 5.91 Å². The van der Waals surface area contributed by atoms with E-state index in [1.807, 2.05) is 22.7 Å². The average molecular weight is 317 g/mol. The number of amides is 1. The molecule has 1 unspecified atom stereocenters. The number of aromatic nitrogens is 5. The highest BCUT2D eigenvalue weighted by Crippen LogP contribution is 2.25. The van der Waals surface area contributed by atoms with Crippen LogP contribution in [0.2, 0.25) is 0 Å². The number of rotatable bonds is 5. The van der Waals surface area contributed by atoms with Gasteiger partial charge in [-0.3, -0.25) is 4.79 Å². The number of nitrogens with zero attached hydrogens (tertiary/aromatic N) is 6. The maximum absolute atomic E-state index is 12.1. The van der Waals surface area contributed by atoms with E-state index in [9.17, 15) is 4.79 Å². The lowest BCUT2D eigenvalue weighted by atomic mass is 9.97. The molecule has 1 saturated heterocycles. The zero-order valence-corrected chi connectivity index (χ0v) is 13.6. The first-order valence-corrected chi connectivity index (χ1v) is 7.95. The molecule has 2 aromatic rings. The number of carbonyl (C=O) groups excluding carboxylic acids is 1. The lowest BCUT2D eigenvalue weighted by Gasteiger charge is -2.32. The summed E-state index contributed by atoms with van der Waals surface area (Å²) in [6, 6.07) is 0. The molecule has 1 atom stereocenters. The number of imidazole rings is 1. The monoisotopic (exact) mass is 317 g/mol. The van der Waals surface area contributed by atoms with Crippen LogP contribution < -0.4 is 5.32 Å². The summed E-state index contributed by atoms with van der Waals surface area (Å²) >= 11 is 0. The third kappa shape index (κ3) is 3.42. The summed E-state index contributed by atoms with van der Waals surface area (Å²) in [5.41, 5.74) is 0. The van der Waals surface area contributed by atoms with E-state index < -0.39 is 0 Å². The molecule has 0 aromatic carbocycles. The van der Waals surface area contributed by atoms with Crippen LogP contribution in [0.25, 0.3) is 0 Å². The smallest absolute Gasteiger partial charge is 0.236 e. The van der Waals surface area contributed by atoms with Crippen LogP contribution >= 0.6 is 0 Å². The second kappa shape index (κ2) is 6.91. The van der Waals surface area contributed by atoms with E-state index in [-0.39, 0.29) is 11.8 Å². The van der Waals surface area contributed by atoms with Crippen LogP contribution in [0.5, 0.6) is 0 Å². The van der Waals surface area contributed by atoms with Crippen molar-refractivity contribution in [2.75, 3.05) is 26.7 Å². The van der Waals surface area contributed by atoms with Gasteiger partial charge in [0.05, 0.1) is 19.4 Å². The fraction of sp³-hybridized carbons (Fsp3) is 0.600. The van der Waals surface area contributed by atoms with Crippen molar-refractivity contribution in [1.29, 1.82) is 0 Å². The Kier molecular flexibility index (Phi) is 4.71. The highest BCUT2D eigenvalue weighted by molar-refractivity contribution is 5.78. The normalized spacial score (nSPS) is 18.3. The van der Waals surface area contributed by atoms with Gasteiger partial charge in [-0.05, 0) is 19.9 Å². The van der Waals surface area contributed by atoms with Gasteiger partial charge in [-0.15, -0.1) is 10.2 Å². The Labute approximate surface area is 135 Å². The summed E-state index contributed by atoms with van der Waals surface area (Å²) < 4.78 is 4.02. The molecular formula is C15H23N7O. The third-order valence-electron chi connectivity index (χ3n) is 4.35. The maximum Gasteiger partial charge on any atom is 0.236 e. The molecule has 23 heavy (non-hydrogen) atoms. The predicted octanol–water partition coefficient (Wildman–Crippen LogP) is -0.0147. The highest BCUT2D eigenvalue weighted by atomic mass is 16.2. The Bertz CT molecular complexity index is 649. The molecule has 0 aliphatic carbocycles. The Morgan fingerprint density at radius 3 is 3.04 bits per heavy atom. The van der Waals surface area contributed by atoms with Crippen molar-refractivity contribution in [3.8, 4) is 0 Å². The summed E-state index contributed by atoms with van der Waals surface area (Å²) in [6.07, 6.45) is 7.48. The second-order valence-corrected chi connectivity index (χ2v) is 5.98. The second-order valence-electron chi connectivity index (χ2n) is 5.98. The molecule has 8 nitrogen and oxygen atoms in total. The molecule has 1 amide bonds. The summed E-state index contributed by atoms with van der Waals surface area (Å²) in [7, 11) is 3.79. The molecule has 0 saturated carbocycles. The molecule has 124 valence electrons. The fourth-order valence-electron chi connectivity index (χ4n) is 3.09. The lowest BCUT2D eigenvalue weighted by molar-refractivity contribution is -0.131. The molecule has 1 fully saturated rings. The van der Waals surface area contributed by atoms with Gasteiger partial charge in [-0.2, -0.15) is 0 Å². The molecular weight excluding hydrogens is 294 g/mol. The van der Waals surface area contributed by atoms with Crippen LogP contribution in [0.1, 0.15) is 30.4 Å². The zero-order valence-electron chi connectivity index (χ0n) is 13.6. The highest BCUT2D eigenvalue weighted by Gasteiger charge is 2.28. The van der Waals surface area contributed by atoms with Gasteiger partial charge in [0.1, 0.15) is 5.82 Å². The number of piperidine rings is 1. The molecule has 0 bridgehead atoms. The van der Waals surface area contributed by atoms with E-state index in [1.54, 1.807) is 19.6 Å². The van der Waals surface area contributed by atoms with Gasteiger partial charge in [-0.1, -0.05) is 0 Å². The van der Waals surface area contributed by atoms with Crippen molar-refractivity contribution in [1.82, 2.24) is 34.5 Å². The third-order valence-corrected chi connectivity index (χ3v) is 4.35. The van der Waals surface area contributed by atoms with Crippen LogP contribution in [0, 0.1) is 0 Å². The van der Waals surface area contributed by atoms with Gasteiger partial charge in [-0.25, -0.2) is 4.98 Å². The number of hydrogen-bond donors (Lipinski definition) is 1. The van der Waals surface area contributed by atoms with E-state index in [4.69, 9.17) is 0 Å². The molecule has 8 heteroatoms. The van der Waals surface area contributed by atoms with Crippen molar-refractivity contribution in [3.05, 3.63) is 30.4 Å². The Morgan fingerprint density at radius 1 is 1.43 bits per heavy atom. The van der Waals surface area contributed by atoms with Crippen molar-refractivity contribution < 1.29 is 4.79 Å². The van der Waals surface area contributed by atoms with E-state index in [0.717, 1.165) is 37.6 Å². The lowest BCUT2D eigenvalue weighted by Crippen LogP contribution is -2.43. The van der Waals surface area contributed by atoms with Gasteiger partial charge in [0.2, 0.25) is 5.91 Å². The van der Waals surface area contributed by atoms with Crippen LogP contribution in [0.4, 0.5) is 0 Å². The van der Waals surface area contributed by atoms with Crippen LogP contribution in [-0.4, -0.2) is 61.8 Å². The number of carbonyl (C=O) groups is 1. The predicted molar refractivity (Wildman–Crippen MR) is 84.8 cm³/mol. The maximum atomic E-state index is 12.1. The van der Waals surface area contributed by atoms with Crippen molar-refractivity contribution in [2.45, 2.75) is 25.3 Å². The summed E-state index contributed by atoms with van der Waals surface area (Å²) in [5.74, 6) is 2.26. The minimum atomic E-state index is 0.151. The minimum absolute atomic E-state index is 0.151. The van der Waals surface area contributed by atoms with E-state index in [0.29, 0.717) is 13.1 Å². The first-order chi connectivity index (χ1) is 11.2. The van der Waals surface area contributed by atoms with Crippen molar-refractivity contribution in [2.24, 2.45) is 7.05 Å². The molecule has 2 aromatic heterocycles. The zero-order chi connectivity index (χ0) is 16.2. The van der Waals surface area contributed by atoms with Gasteiger partial charge < -0.3 is 19.4 Å². The summed E-state index contributed by atoms with van der Waals surface area (Å²) in [6.45, 7) is 2.59. The van der Waals surface area contributed by atoms with Gasteiger partial charge in [0, 0.05) is 38.4 Å². The first kappa shape index (κ1) is 15.7. The standard InChI is InChI=1S/C15H23N7O/c1-16-8-14(23)22-6-3-4-12(9-22)15-19-18-13(20(15)2)10-21-7-5-17-11-21/h5,7,11-12,16H,3-4,6,8-10H2,1-2H3. The number of hydrogen-bond acceptors (Lipinski definition) is 5. The van der Waals surface area contributed by atoms with Gasteiger partial charge in [0.15, 0.2) is 5.82 Å². The largest absolute Gasteiger partial charge is 0.341 e.